The zero-order valence-electron chi connectivity index (χ0n) is 11.0. The molecule has 18 heavy (non-hydrogen) atoms. The lowest BCUT2D eigenvalue weighted by atomic mass is 10.1. The molecule has 2 amide bonds. The van der Waals surface area contributed by atoms with E-state index < -0.39 is 0 Å². The van der Waals surface area contributed by atoms with Crippen LogP contribution in [0, 0.1) is 5.92 Å². The summed E-state index contributed by atoms with van der Waals surface area (Å²) in [6, 6.07) is 4.74. The van der Waals surface area contributed by atoms with Gasteiger partial charge >= 0.3 is 6.03 Å². The summed E-state index contributed by atoms with van der Waals surface area (Å²) in [5.74, 6) is 0.785. The lowest BCUT2D eigenvalue weighted by molar-refractivity contribution is 0.217. The number of hydrogen-bond acceptors (Lipinski definition) is 3. The second kappa shape index (κ2) is 6.20. The molecule has 0 aliphatic heterocycles. The molecule has 1 atom stereocenters. The normalized spacial score (nSPS) is 16.3. The van der Waals surface area contributed by atoms with Crippen LogP contribution in [0.5, 0.6) is 0 Å². The van der Waals surface area contributed by atoms with Crippen molar-refractivity contribution < 1.29 is 4.79 Å². The quantitative estimate of drug-likeness (QED) is 0.775. The molecule has 1 aliphatic carbocycles. The van der Waals surface area contributed by atoms with E-state index in [0.717, 1.165) is 12.5 Å². The molecular formula is C13H21N3OS. The highest BCUT2D eigenvalue weighted by atomic mass is 32.1. The Hall–Kier alpha value is -1.07. The van der Waals surface area contributed by atoms with E-state index in [1.165, 1.54) is 17.7 Å². The SMILES string of the molecule is CN(C)C(=O)NCCNC(c1cccs1)C1CC1. The maximum Gasteiger partial charge on any atom is 0.316 e. The van der Waals surface area contributed by atoms with Gasteiger partial charge < -0.3 is 15.5 Å². The van der Waals surface area contributed by atoms with Crippen molar-refractivity contribution in [2.75, 3.05) is 27.2 Å². The molecule has 2 rings (SSSR count). The van der Waals surface area contributed by atoms with E-state index in [1.807, 2.05) is 11.3 Å². The van der Waals surface area contributed by atoms with Crippen molar-refractivity contribution in [1.82, 2.24) is 15.5 Å². The van der Waals surface area contributed by atoms with E-state index >= 15 is 0 Å². The van der Waals surface area contributed by atoms with E-state index in [2.05, 4.69) is 28.1 Å². The molecule has 1 unspecified atom stereocenters. The van der Waals surface area contributed by atoms with Crippen molar-refractivity contribution in [2.45, 2.75) is 18.9 Å². The molecule has 2 N–H and O–H groups in total. The van der Waals surface area contributed by atoms with Crippen molar-refractivity contribution in [1.29, 1.82) is 0 Å². The standard InChI is InChI=1S/C13H21N3OS/c1-16(2)13(17)15-8-7-14-12(10-5-6-10)11-4-3-9-18-11/h3-4,9-10,12,14H,5-8H2,1-2H3,(H,15,17). The van der Waals surface area contributed by atoms with Crippen LogP contribution in [0.4, 0.5) is 4.79 Å². The molecule has 5 heteroatoms. The molecule has 0 saturated heterocycles. The Morgan fingerprint density at radius 1 is 1.50 bits per heavy atom. The van der Waals surface area contributed by atoms with Gasteiger partial charge in [0.25, 0.3) is 0 Å². The van der Waals surface area contributed by atoms with Crippen molar-refractivity contribution in [3.63, 3.8) is 0 Å². The second-order valence-electron chi connectivity index (χ2n) is 4.91. The highest BCUT2D eigenvalue weighted by Crippen LogP contribution is 2.42. The summed E-state index contributed by atoms with van der Waals surface area (Å²) in [6.07, 6.45) is 2.64. The van der Waals surface area contributed by atoms with E-state index in [9.17, 15) is 4.79 Å². The third-order valence-electron chi connectivity index (χ3n) is 3.11. The topological polar surface area (TPSA) is 44.4 Å². The number of carbonyl (C=O) groups is 1. The number of hydrogen-bond donors (Lipinski definition) is 2. The van der Waals surface area contributed by atoms with Gasteiger partial charge in [-0.25, -0.2) is 4.79 Å². The number of rotatable bonds is 6. The highest BCUT2D eigenvalue weighted by molar-refractivity contribution is 7.10. The van der Waals surface area contributed by atoms with Crippen LogP contribution in [0.25, 0.3) is 0 Å². The second-order valence-corrected chi connectivity index (χ2v) is 5.89. The van der Waals surface area contributed by atoms with Gasteiger partial charge in [-0.1, -0.05) is 6.07 Å². The van der Waals surface area contributed by atoms with Crippen LogP contribution in [0.2, 0.25) is 0 Å². The maximum atomic E-state index is 11.4. The molecule has 0 aromatic carbocycles. The van der Waals surface area contributed by atoms with Crippen LogP contribution in [0.1, 0.15) is 23.8 Å². The van der Waals surface area contributed by atoms with Crippen molar-refractivity contribution in [3.05, 3.63) is 22.4 Å². The number of nitrogens with zero attached hydrogens (tertiary/aromatic N) is 1. The van der Waals surface area contributed by atoms with Crippen molar-refractivity contribution >= 4 is 17.4 Å². The molecule has 4 nitrogen and oxygen atoms in total. The smallest absolute Gasteiger partial charge is 0.316 e. The fraction of sp³-hybridized carbons (Fsp3) is 0.615. The summed E-state index contributed by atoms with van der Waals surface area (Å²) in [7, 11) is 3.50. The first-order valence-electron chi connectivity index (χ1n) is 6.40. The van der Waals surface area contributed by atoms with Gasteiger partial charge in [0.2, 0.25) is 0 Å². The predicted molar refractivity (Wildman–Crippen MR) is 74.9 cm³/mol. The zero-order valence-corrected chi connectivity index (χ0v) is 11.8. The minimum absolute atomic E-state index is 0.0316. The first kappa shape index (κ1) is 13.4. The first-order chi connectivity index (χ1) is 8.68. The summed E-state index contributed by atoms with van der Waals surface area (Å²) in [5.41, 5.74) is 0. The Labute approximate surface area is 112 Å². The van der Waals surface area contributed by atoms with E-state index in [1.54, 1.807) is 19.0 Å². The molecule has 100 valence electrons. The molecule has 0 bridgehead atoms. The molecule has 1 aromatic rings. The molecule has 0 radical (unpaired) electrons. The minimum Gasteiger partial charge on any atom is -0.337 e. The number of carbonyl (C=O) groups excluding carboxylic acids is 1. The molecular weight excluding hydrogens is 246 g/mol. The van der Waals surface area contributed by atoms with Crippen LogP contribution in [0.3, 0.4) is 0 Å². The fourth-order valence-electron chi connectivity index (χ4n) is 1.95. The Morgan fingerprint density at radius 3 is 2.83 bits per heavy atom. The van der Waals surface area contributed by atoms with Crippen LogP contribution in [0.15, 0.2) is 17.5 Å². The van der Waals surface area contributed by atoms with Crippen LogP contribution in [-0.2, 0) is 0 Å². The maximum absolute atomic E-state index is 11.4. The third-order valence-corrected chi connectivity index (χ3v) is 4.07. The average Bonchev–Trinajstić information content (AvgIpc) is 3.03. The molecule has 1 fully saturated rings. The third kappa shape index (κ3) is 3.71. The summed E-state index contributed by atoms with van der Waals surface area (Å²) in [4.78, 5) is 14.3. The Morgan fingerprint density at radius 2 is 2.28 bits per heavy atom. The van der Waals surface area contributed by atoms with Gasteiger partial charge in [0.1, 0.15) is 0 Å². The number of amides is 2. The van der Waals surface area contributed by atoms with Gasteiger partial charge in [0.15, 0.2) is 0 Å². The molecule has 1 aliphatic rings. The van der Waals surface area contributed by atoms with Gasteiger partial charge in [-0.2, -0.15) is 0 Å². The number of urea groups is 1. The molecule has 0 spiro atoms. The number of nitrogens with one attached hydrogen (secondary N) is 2. The van der Waals surface area contributed by atoms with Gasteiger partial charge in [0.05, 0.1) is 0 Å². The highest BCUT2D eigenvalue weighted by Gasteiger charge is 2.32. The lowest BCUT2D eigenvalue weighted by Gasteiger charge is -2.18. The van der Waals surface area contributed by atoms with Crippen molar-refractivity contribution in [2.24, 2.45) is 5.92 Å². The summed E-state index contributed by atoms with van der Waals surface area (Å²) in [6.45, 7) is 1.49. The molecule has 1 saturated carbocycles. The van der Waals surface area contributed by atoms with Gasteiger partial charge in [-0.15, -0.1) is 11.3 Å². The Bertz CT molecular complexity index is 374. The first-order valence-corrected chi connectivity index (χ1v) is 7.28. The van der Waals surface area contributed by atoms with Crippen LogP contribution in [-0.4, -0.2) is 38.1 Å². The predicted octanol–water partition coefficient (Wildman–Crippen LogP) is 2.06. The summed E-state index contributed by atoms with van der Waals surface area (Å²) >= 11 is 1.81. The zero-order chi connectivity index (χ0) is 13.0. The van der Waals surface area contributed by atoms with Crippen LogP contribution >= 0.6 is 11.3 Å². The largest absolute Gasteiger partial charge is 0.337 e. The summed E-state index contributed by atoms with van der Waals surface area (Å²) in [5, 5.41) is 8.55. The minimum atomic E-state index is -0.0316. The summed E-state index contributed by atoms with van der Waals surface area (Å²) < 4.78 is 0. The number of thiophene rings is 1. The Kier molecular flexibility index (Phi) is 4.60. The van der Waals surface area contributed by atoms with E-state index in [4.69, 9.17) is 0 Å². The molecule has 1 heterocycles. The Balaban J connectivity index is 1.72. The molecule has 1 aromatic heterocycles. The fourth-order valence-corrected chi connectivity index (χ4v) is 2.85. The van der Waals surface area contributed by atoms with Crippen LogP contribution < -0.4 is 10.6 Å². The van der Waals surface area contributed by atoms with E-state index in [-0.39, 0.29) is 6.03 Å². The van der Waals surface area contributed by atoms with Gasteiger partial charge in [0, 0.05) is 38.1 Å². The monoisotopic (exact) mass is 267 g/mol. The van der Waals surface area contributed by atoms with Crippen molar-refractivity contribution in [3.8, 4) is 0 Å². The average molecular weight is 267 g/mol. The lowest BCUT2D eigenvalue weighted by Crippen LogP contribution is -2.39. The van der Waals surface area contributed by atoms with E-state index in [0.29, 0.717) is 12.6 Å². The van der Waals surface area contributed by atoms with Gasteiger partial charge in [-0.3, -0.25) is 0 Å². The van der Waals surface area contributed by atoms with Gasteiger partial charge in [-0.05, 0) is 30.2 Å².